The van der Waals surface area contributed by atoms with E-state index >= 15 is 0 Å². The van der Waals surface area contributed by atoms with Gasteiger partial charge in [-0.2, -0.15) is 26.3 Å². The van der Waals surface area contributed by atoms with Gasteiger partial charge in [0.25, 0.3) is 0 Å². The summed E-state index contributed by atoms with van der Waals surface area (Å²) >= 11 is 0. The van der Waals surface area contributed by atoms with Crippen LogP contribution < -0.4 is 0 Å². The zero-order valence-corrected chi connectivity index (χ0v) is 24.9. The molecule has 222 valence electrons. The minimum atomic E-state index is -6.09. The summed E-state index contributed by atoms with van der Waals surface area (Å²) in [6.45, 7) is 0. The quantitative estimate of drug-likeness (QED) is 0.112. The largest absolute Gasteiger partial charge is 2.00 e. The number of halogens is 6. The summed E-state index contributed by atoms with van der Waals surface area (Å²) in [5, 5.41) is 0. The Morgan fingerprint density at radius 1 is 0.541 bits per heavy atom. The molecular formula is C20H32F6O6P2PdS2. The SMILES string of the molecule is C1CC2CCCC(C1)P2CCP1C2CCCC1CCC2.O=S(=O)([O-])C(F)(F)F.O=S(=O)([O-])C(F)(F)F.[Pd+2]. The number of rotatable bonds is 3. The first-order chi connectivity index (χ1) is 16.4. The zero-order chi connectivity index (χ0) is 27.4. The first-order valence-corrected chi connectivity index (χ1v) is 18.1. The van der Waals surface area contributed by atoms with Crippen LogP contribution in [-0.2, 0) is 40.7 Å². The molecule has 0 saturated carbocycles. The van der Waals surface area contributed by atoms with E-state index in [0.29, 0.717) is 15.8 Å². The second-order valence-corrected chi connectivity index (χ2v) is 18.2. The number of alkyl halides is 6. The van der Waals surface area contributed by atoms with Gasteiger partial charge in [-0.3, -0.25) is 0 Å². The predicted octanol–water partition coefficient (Wildman–Crippen LogP) is 6.26. The molecule has 0 atom stereocenters. The van der Waals surface area contributed by atoms with Crippen molar-refractivity contribution in [1.29, 1.82) is 0 Å². The zero-order valence-electron chi connectivity index (χ0n) is 20.0. The molecule has 4 bridgehead atoms. The smallest absolute Gasteiger partial charge is 0.741 e. The average molecular weight is 715 g/mol. The van der Waals surface area contributed by atoms with Crippen molar-refractivity contribution < 1.29 is 72.7 Å². The van der Waals surface area contributed by atoms with Gasteiger partial charge in [-0.1, -0.05) is 41.5 Å². The van der Waals surface area contributed by atoms with Crippen LogP contribution in [0.1, 0.15) is 77.0 Å². The number of hydrogen-bond donors (Lipinski definition) is 0. The molecule has 0 aromatic rings. The molecule has 0 spiro atoms. The maximum Gasteiger partial charge on any atom is 2.00 e. The van der Waals surface area contributed by atoms with Crippen LogP contribution in [0.3, 0.4) is 0 Å². The summed E-state index contributed by atoms with van der Waals surface area (Å²) in [4.78, 5) is 0. The second-order valence-electron chi connectivity index (χ2n) is 9.61. The minimum absolute atomic E-state index is 0. The van der Waals surface area contributed by atoms with Crippen molar-refractivity contribution in [2.24, 2.45) is 0 Å². The summed E-state index contributed by atoms with van der Waals surface area (Å²) in [6, 6.07) is 0. The Bertz CT molecular complexity index is 801. The van der Waals surface area contributed by atoms with Gasteiger partial charge in [0.05, 0.1) is 0 Å². The molecule has 0 amide bonds. The first-order valence-electron chi connectivity index (χ1n) is 12.0. The van der Waals surface area contributed by atoms with Crippen LogP contribution >= 0.6 is 15.8 Å². The Kier molecular flexibility index (Phi) is 14.3. The molecule has 17 heteroatoms. The molecule has 4 heterocycles. The molecule has 37 heavy (non-hydrogen) atoms. The van der Waals surface area contributed by atoms with E-state index in [4.69, 9.17) is 25.9 Å². The molecular weight excluding hydrogens is 683 g/mol. The molecule has 4 aliphatic heterocycles. The molecule has 0 aromatic heterocycles. The normalized spacial score (nSPS) is 32.0. The van der Waals surface area contributed by atoms with Gasteiger partial charge in [-0.05, 0) is 86.3 Å². The molecule has 4 fully saturated rings. The van der Waals surface area contributed by atoms with Crippen molar-refractivity contribution in [2.45, 2.75) is 111 Å². The molecule has 4 aliphatic rings. The third-order valence-electron chi connectivity index (χ3n) is 7.36. The van der Waals surface area contributed by atoms with Crippen LogP contribution in [-0.4, -0.2) is 71.9 Å². The van der Waals surface area contributed by atoms with Gasteiger partial charge in [0.15, 0.2) is 20.2 Å². The maximum atomic E-state index is 10.7. The molecule has 0 aliphatic carbocycles. The van der Waals surface area contributed by atoms with Crippen LogP contribution in [0.5, 0.6) is 0 Å². The van der Waals surface area contributed by atoms with E-state index in [9.17, 15) is 26.3 Å². The van der Waals surface area contributed by atoms with Crippen molar-refractivity contribution in [3.63, 3.8) is 0 Å². The Hall–Kier alpha value is 0.922. The van der Waals surface area contributed by atoms with Gasteiger partial charge in [-0.15, -0.1) is 0 Å². The van der Waals surface area contributed by atoms with Crippen LogP contribution in [0.4, 0.5) is 26.3 Å². The van der Waals surface area contributed by atoms with E-state index in [-0.39, 0.29) is 20.4 Å². The molecule has 0 radical (unpaired) electrons. The number of hydrogen-bond acceptors (Lipinski definition) is 6. The van der Waals surface area contributed by atoms with Crippen molar-refractivity contribution in [1.82, 2.24) is 0 Å². The third kappa shape index (κ3) is 11.0. The fourth-order valence-corrected chi connectivity index (χ4v) is 14.4. The Labute approximate surface area is 231 Å². The molecule has 6 nitrogen and oxygen atoms in total. The molecule has 0 unspecified atom stereocenters. The average Bonchev–Trinajstić information content (AvgIpc) is 2.69. The summed E-state index contributed by atoms with van der Waals surface area (Å²) in [5.41, 5.74) is -6.41. The van der Waals surface area contributed by atoms with Crippen LogP contribution in [0.2, 0.25) is 0 Å². The monoisotopic (exact) mass is 714 g/mol. The summed E-state index contributed by atoms with van der Waals surface area (Å²) < 4.78 is 118. The Morgan fingerprint density at radius 2 is 0.703 bits per heavy atom. The van der Waals surface area contributed by atoms with Gasteiger partial charge >= 0.3 is 31.4 Å². The molecule has 4 saturated heterocycles. The fraction of sp³-hybridized carbons (Fsp3) is 1.00. The van der Waals surface area contributed by atoms with E-state index in [0.717, 1.165) is 0 Å². The predicted molar refractivity (Wildman–Crippen MR) is 126 cm³/mol. The van der Waals surface area contributed by atoms with Crippen LogP contribution in [0.25, 0.3) is 0 Å². The summed E-state index contributed by atoms with van der Waals surface area (Å²) in [5.74, 6) is 0. The van der Waals surface area contributed by atoms with Crippen molar-refractivity contribution >= 4 is 36.1 Å². The van der Waals surface area contributed by atoms with Crippen molar-refractivity contribution in [3.8, 4) is 0 Å². The third-order valence-corrected chi connectivity index (χ3v) is 16.1. The van der Waals surface area contributed by atoms with E-state index in [1.54, 1.807) is 89.4 Å². The van der Waals surface area contributed by atoms with Crippen molar-refractivity contribution in [3.05, 3.63) is 0 Å². The van der Waals surface area contributed by atoms with E-state index in [1.165, 1.54) is 22.6 Å². The van der Waals surface area contributed by atoms with Gasteiger partial charge < -0.3 is 9.11 Å². The van der Waals surface area contributed by atoms with E-state index in [2.05, 4.69) is 0 Å². The maximum absolute atomic E-state index is 10.7. The standard InChI is InChI=1S/C18H32P2.2CHF3O3S.Pd/c1-5-15-7-2-8-16(6-1)19(15)13-14-20-17-9-3-10-18(20)12-4-11-17;2*2-1(3,4)8(5,6)7;/h15-18H,1-14H2;2*(H,5,6,7);/q;;;+2/p-2. The fourth-order valence-electron chi connectivity index (χ4n) is 5.82. The molecule has 0 N–H and O–H groups in total. The van der Waals surface area contributed by atoms with Crippen LogP contribution in [0.15, 0.2) is 0 Å². The van der Waals surface area contributed by atoms with Gasteiger partial charge in [0.2, 0.25) is 0 Å². The van der Waals surface area contributed by atoms with E-state index < -0.39 is 31.3 Å². The first kappa shape index (κ1) is 35.9. The van der Waals surface area contributed by atoms with Crippen LogP contribution in [0, 0.1) is 0 Å². The summed E-state index contributed by atoms with van der Waals surface area (Å²) in [7, 11) is -11.3. The second kappa shape index (κ2) is 14.7. The van der Waals surface area contributed by atoms with Gasteiger partial charge in [0.1, 0.15) is 0 Å². The minimum Gasteiger partial charge on any atom is -0.741 e. The molecule has 4 rings (SSSR count). The van der Waals surface area contributed by atoms with Gasteiger partial charge in [0, 0.05) is 0 Å². The topological polar surface area (TPSA) is 114 Å². The number of fused-ring (bicyclic) bond motifs is 4. The van der Waals surface area contributed by atoms with E-state index in [1.807, 2.05) is 0 Å². The van der Waals surface area contributed by atoms with Gasteiger partial charge in [-0.25, -0.2) is 16.8 Å². The Morgan fingerprint density at radius 3 is 0.838 bits per heavy atom. The van der Waals surface area contributed by atoms with Crippen molar-refractivity contribution in [2.75, 3.05) is 12.3 Å². The molecule has 0 aromatic carbocycles. The summed E-state index contributed by atoms with van der Waals surface area (Å²) in [6.07, 6.45) is 22.7. The Balaban J connectivity index is 0.000000340.